The van der Waals surface area contributed by atoms with Crippen molar-refractivity contribution in [3.05, 3.63) is 60.2 Å². The molecule has 3 N–H and O–H groups in total. The van der Waals surface area contributed by atoms with Crippen LogP contribution in [-0.4, -0.2) is 18.6 Å². The third-order valence-corrected chi connectivity index (χ3v) is 3.32. The van der Waals surface area contributed by atoms with Crippen molar-refractivity contribution in [2.75, 3.05) is 11.9 Å². The standard InChI is InChI=1S/C19H24N2O2/c1-14(2)13-23-17-10-6-9-16(12-17)21-19(22)18(20)11-15-7-4-3-5-8-15/h3-10,12,14,18H,11,13,20H2,1-2H3,(H,21,22)/t18-/m0/s1. The number of ether oxygens (including phenoxy) is 1. The summed E-state index contributed by atoms with van der Waals surface area (Å²) < 4.78 is 5.66. The molecular weight excluding hydrogens is 288 g/mol. The van der Waals surface area contributed by atoms with Gasteiger partial charge in [-0.3, -0.25) is 4.79 Å². The van der Waals surface area contributed by atoms with Gasteiger partial charge in [0.1, 0.15) is 5.75 Å². The van der Waals surface area contributed by atoms with E-state index in [1.54, 1.807) is 0 Å². The van der Waals surface area contributed by atoms with Gasteiger partial charge in [-0.05, 0) is 30.0 Å². The zero-order valence-electron chi connectivity index (χ0n) is 13.7. The molecule has 4 heteroatoms. The van der Waals surface area contributed by atoms with Crippen molar-refractivity contribution in [3.63, 3.8) is 0 Å². The molecule has 0 radical (unpaired) electrons. The number of carbonyl (C=O) groups excluding carboxylic acids is 1. The first-order valence-corrected chi connectivity index (χ1v) is 7.88. The van der Waals surface area contributed by atoms with Gasteiger partial charge in [-0.2, -0.15) is 0 Å². The number of benzene rings is 2. The Hall–Kier alpha value is -2.33. The molecule has 0 aliphatic heterocycles. The van der Waals surface area contributed by atoms with E-state index in [9.17, 15) is 4.79 Å². The molecule has 4 nitrogen and oxygen atoms in total. The second-order valence-corrected chi connectivity index (χ2v) is 6.02. The van der Waals surface area contributed by atoms with Gasteiger partial charge >= 0.3 is 0 Å². The number of nitrogens with one attached hydrogen (secondary N) is 1. The van der Waals surface area contributed by atoms with Crippen molar-refractivity contribution >= 4 is 11.6 Å². The highest BCUT2D eigenvalue weighted by Gasteiger charge is 2.14. The molecule has 2 rings (SSSR count). The van der Waals surface area contributed by atoms with Crippen LogP contribution in [0, 0.1) is 5.92 Å². The Morgan fingerprint density at radius 3 is 2.57 bits per heavy atom. The van der Waals surface area contributed by atoms with Gasteiger partial charge in [0.2, 0.25) is 5.91 Å². The molecule has 0 unspecified atom stereocenters. The number of rotatable bonds is 7. The van der Waals surface area contributed by atoms with Crippen LogP contribution < -0.4 is 15.8 Å². The summed E-state index contributed by atoms with van der Waals surface area (Å²) in [5.74, 6) is 0.996. The zero-order chi connectivity index (χ0) is 16.7. The topological polar surface area (TPSA) is 64.3 Å². The van der Waals surface area contributed by atoms with E-state index in [1.807, 2.05) is 54.6 Å². The molecule has 0 heterocycles. The molecule has 2 aromatic carbocycles. The summed E-state index contributed by atoms with van der Waals surface area (Å²) in [5.41, 5.74) is 7.73. The first-order valence-electron chi connectivity index (χ1n) is 7.88. The van der Waals surface area contributed by atoms with Crippen LogP contribution in [0.4, 0.5) is 5.69 Å². The maximum atomic E-state index is 12.2. The van der Waals surface area contributed by atoms with Gasteiger partial charge < -0.3 is 15.8 Å². The number of nitrogens with two attached hydrogens (primary N) is 1. The Bertz CT molecular complexity index is 626. The van der Waals surface area contributed by atoms with E-state index >= 15 is 0 Å². The molecule has 0 fully saturated rings. The quantitative estimate of drug-likeness (QED) is 0.825. The molecule has 1 atom stereocenters. The highest BCUT2D eigenvalue weighted by molar-refractivity contribution is 5.95. The Morgan fingerprint density at radius 1 is 1.13 bits per heavy atom. The average molecular weight is 312 g/mol. The largest absolute Gasteiger partial charge is 0.493 e. The van der Waals surface area contributed by atoms with E-state index in [2.05, 4.69) is 19.2 Å². The summed E-state index contributed by atoms with van der Waals surface area (Å²) in [4.78, 5) is 12.2. The van der Waals surface area contributed by atoms with Gasteiger partial charge in [0.05, 0.1) is 12.6 Å². The molecule has 0 spiro atoms. The van der Waals surface area contributed by atoms with Crippen molar-refractivity contribution in [3.8, 4) is 5.75 Å². The number of hydrogen-bond donors (Lipinski definition) is 2. The predicted molar refractivity (Wildman–Crippen MR) is 93.5 cm³/mol. The lowest BCUT2D eigenvalue weighted by molar-refractivity contribution is -0.117. The minimum Gasteiger partial charge on any atom is -0.493 e. The Morgan fingerprint density at radius 2 is 1.87 bits per heavy atom. The van der Waals surface area contributed by atoms with E-state index in [0.717, 1.165) is 11.3 Å². The van der Waals surface area contributed by atoms with Gasteiger partial charge in [-0.15, -0.1) is 0 Å². The van der Waals surface area contributed by atoms with E-state index in [0.29, 0.717) is 24.6 Å². The van der Waals surface area contributed by atoms with Crippen LogP contribution in [-0.2, 0) is 11.2 Å². The van der Waals surface area contributed by atoms with Gasteiger partial charge in [-0.25, -0.2) is 0 Å². The summed E-state index contributed by atoms with van der Waals surface area (Å²) in [7, 11) is 0. The molecule has 2 aromatic rings. The van der Waals surface area contributed by atoms with Gasteiger partial charge in [-0.1, -0.05) is 50.2 Å². The zero-order valence-corrected chi connectivity index (χ0v) is 13.7. The fraction of sp³-hybridized carbons (Fsp3) is 0.316. The van der Waals surface area contributed by atoms with Crippen molar-refractivity contribution < 1.29 is 9.53 Å². The van der Waals surface area contributed by atoms with Crippen molar-refractivity contribution in [1.29, 1.82) is 0 Å². The summed E-state index contributed by atoms with van der Waals surface area (Å²) in [6.07, 6.45) is 0.510. The number of carbonyl (C=O) groups is 1. The van der Waals surface area contributed by atoms with Crippen molar-refractivity contribution in [2.24, 2.45) is 11.7 Å². The number of amides is 1. The van der Waals surface area contributed by atoms with Crippen molar-refractivity contribution in [2.45, 2.75) is 26.3 Å². The van der Waals surface area contributed by atoms with Crippen LogP contribution in [0.1, 0.15) is 19.4 Å². The van der Waals surface area contributed by atoms with Gasteiger partial charge in [0.15, 0.2) is 0 Å². The average Bonchev–Trinajstić information content (AvgIpc) is 2.54. The smallest absolute Gasteiger partial charge is 0.241 e. The molecular formula is C19H24N2O2. The summed E-state index contributed by atoms with van der Waals surface area (Å²) in [5, 5.41) is 2.85. The van der Waals surface area contributed by atoms with Crippen LogP contribution in [0.2, 0.25) is 0 Å². The Balaban J connectivity index is 1.92. The molecule has 0 aliphatic carbocycles. The fourth-order valence-corrected chi connectivity index (χ4v) is 2.12. The van der Waals surface area contributed by atoms with Crippen molar-refractivity contribution in [1.82, 2.24) is 0 Å². The highest BCUT2D eigenvalue weighted by atomic mass is 16.5. The predicted octanol–water partition coefficient (Wildman–Crippen LogP) is 3.23. The maximum absolute atomic E-state index is 12.2. The third-order valence-electron chi connectivity index (χ3n) is 3.32. The van der Waals surface area contributed by atoms with E-state index in [-0.39, 0.29) is 5.91 Å². The van der Waals surface area contributed by atoms with E-state index in [1.165, 1.54) is 0 Å². The molecule has 0 saturated carbocycles. The normalized spacial score (nSPS) is 12.0. The number of anilines is 1. The third kappa shape index (κ3) is 5.75. The Kier molecular flexibility index (Phi) is 6.18. The lowest BCUT2D eigenvalue weighted by Gasteiger charge is -2.14. The lowest BCUT2D eigenvalue weighted by atomic mass is 10.1. The molecule has 0 bridgehead atoms. The summed E-state index contributed by atoms with van der Waals surface area (Å²) in [6.45, 7) is 4.83. The molecule has 0 aromatic heterocycles. The molecule has 0 aliphatic rings. The number of hydrogen-bond acceptors (Lipinski definition) is 3. The highest BCUT2D eigenvalue weighted by Crippen LogP contribution is 2.18. The molecule has 122 valence electrons. The fourth-order valence-electron chi connectivity index (χ4n) is 2.12. The lowest BCUT2D eigenvalue weighted by Crippen LogP contribution is -2.37. The minimum absolute atomic E-state index is 0.199. The van der Waals surface area contributed by atoms with E-state index < -0.39 is 6.04 Å². The first kappa shape index (κ1) is 17.0. The molecule has 0 saturated heterocycles. The molecule has 1 amide bonds. The van der Waals surface area contributed by atoms with Crippen LogP contribution in [0.15, 0.2) is 54.6 Å². The van der Waals surface area contributed by atoms with Crippen LogP contribution >= 0.6 is 0 Å². The second-order valence-electron chi connectivity index (χ2n) is 6.02. The van der Waals surface area contributed by atoms with Crippen LogP contribution in [0.3, 0.4) is 0 Å². The molecule has 23 heavy (non-hydrogen) atoms. The van der Waals surface area contributed by atoms with Gasteiger partial charge in [0.25, 0.3) is 0 Å². The van der Waals surface area contributed by atoms with Crippen LogP contribution in [0.5, 0.6) is 5.75 Å². The van der Waals surface area contributed by atoms with Crippen LogP contribution in [0.25, 0.3) is 0 Å². The summed E-state index contributed by atoms with van der Waals surface area (Å²) in [6, 6.07) is 16.5. The monoisotopic (exact) mass is 312 g/mol. The first-order chi connectivity index (χ1) is 11.0. The Labute approximate surface area is 137 Å². The van der Waals surface area contributed by atoms with E-state index in [4.69, 9.17) is 10.5 Å². The minimum atomic E-state index is -0.586. The maximum Gasteiger partial charge on any atom is 0.241 e. The second kappa shape index (κ2) is 8.34. The summed E-state index contributed by atoms with van der Waals surface area (Å²) >= 11 is 0. The van der Waals surface area contributed by atoms with Gasteiger partial charge in [0, 0.05) is 11.8 Å². The SMILES string of the molecule is CC(C)COc1cccc(NC(=O)[C@@H](N)Cc2ccccc2)c1.